The fourth-order valence-corrected chi connectivity index (χ4v) is 5.47. The lowest BCUT2D eigenvalue weighted by Crippen LogP contribution is -2.34. The van der Waals surface area contributed by atoms with E-state index in [0.717, 1.165) is 48.8 Å². The van der Waals surface area contributed by atoms with E-state index in [0.29, 0.717) is 23.6 Å². The number of fused-ring (bicyclic) bond motifs is 1. The number of nitrogens with one attached hydrogen (secondary N) is 1. The molecule has 0 radical (unpaired) electrons. The van der Waals surface area contributed by atoms with Gasteiger partial charge < -0.3 is 14.5 Å². The van der Waals surface area contributed by atoms with Crippen LogP contribution in [0.4, 0.5) is 22.0 Å². The maximum atomic E-state index is 14.6. The van der Waals surface area contributed by atoms with E-state index in [1.165, 1.54) is 18.3 Å². The molecule has 0 amide bonds. The first-order valence-corrected chi connectivity index (χ1v) is 13.1. The third-order valence-corrected chi connectivity index (χ3v) is 7.65. The van der Waals surface area contributed by atoms with Crippen molar-refractivity contribution in [1.29, 1.82) is 0 Å². The zero-order chi connectivity index (χ0) is 28.9. The molecule has 4 aromatic rings. The molecule has 0 saturated carbocycles. The molecule has 2 aliphatic rings. The van der Waals surface area contributed by atoms with Gasteiger partial charge in [0, 0.05) is 36.9 Å². The van der Waals surface area contributed by atoms with Crippen LogP contribution >= 0.6 is 0 Å². The summed E-state index contributed by atoms with van der Waals surface area (Å²) in [5.41, 5.74) is 3.21. The number of likely N-dealkylation sites (tertiary alicyclic amines) is 1. The zero-order valence-corrected chi connectivity index (χ0v) is 22.2. The van der Waals surface area contributed by atoms with E-state index in [-0.39, 0.29) is 17.3 Å². The van der Waals surface area contributed by atoms with Gasteiger partial charge in [0.05, 0.1) is 11.3 Å². The molecule has 0 bridgehead atoms. The molecule has 12 heteroatoms. The van der Waals surface area contributed by atoms with Crippen LogP contribution in [0.1, 0.15) is 53.9 Å². The molecule has 41 heavy (non-hydrogen) atoms. The lowest BCUT2D eigenvalue weighted by atomic mass is 9.88. The van der Waals surface area contributed by atoms with E-state index in [4.69, 9.17) is 9.47 Å². The van der Waals surface area contributed by atoms with Crippen molar-refractivity contribution in [3.8, 4) is 22.9 Å². The second kappa shape index (κ2) is 10.1. The van der Waals surface area contributed by atoms with Crippen molar-refractivity contribution < 1.29 is 31.4 Å². The molecule has 7 nitrogen and oxygen atoms in total. The molecule has 1 saturated heterocycles. The van der Waals surface area contributed by atoms with Gasteiger partial charge in [-0.25, -0.2) is 8.78 Å². The van der Waals surface area contributed by atoms with Crippen molar-refractivity contribution in [2.45, 2.75) is 51.1 Å². The average molecular weight is 572 g/mol. The molecule has 4 heterocycles. The van der Waals surface area contributed by atoms with Crippen LogP contribution in [0.3, 0.4) is 0 Å². The third kappa shape index (κ3) is 5.23. The molecular weight excluding hydrogens is 545 g/mol. The fourth-order valence-electron chi connectivity index (χ4n) is 5.47. The Hall–Kier alpha value is -4.06. The Balaban J connectivity index is 1.12. The van der Waals surface area contributed by atoms with Crippen LogP contribution < -0.4 is 9.47 Å². The van der Waals surface area contributed by atoms with Gasteiger partial charge in [0.15, 0.2) is 17.3 Å². The topological polar surface area (TPSA) is 76.2 Å². The zero-order valence-electron chi connectivity index (χ0n) is 22.2. The van der Waals surface area contributed by atoms with Gasteiger partial charge in [0.25, 0.3) is 5.79 Å². The minimum absolute atomic E-state index is 0.0140. The fraction of sp³-hybridized carbons (Fsp3) is 0.345. The predicted molar refractivity (Wildman–Crippen MR) is 138 cm³/mol. The van der Waals surface area contributed by atoms with Gasteiger partial charge in [-0.3, -0.25) is 9.88 Å². The number of hydrogen-bond donors (Lipinski definition) is 1. The van der Waals surface area contributed by atoms with E-state index >= 15 is 0 Å². The Bertz CT molecular complexity index is 1600. The smallest absolute Gasteiger partial charge is 0.444 e. The molecule has 1 atom stereocenters. The van der Waals surface area contributed by atoms with Gasteiger partial charge in [-0.1, -0.05) is 12.1 Å². The minimum atomic E-state index is -4.60. The molecule has 1 unspecified atom stereocenters. The number of nitrogens with zero attached hydrogens (tertiary/aromatic N) is 4. The van der Waals surface area contributed by atoms with E-state index in [1.54, 1.807) is 19.1 Å². The second-order valence-electron chi connectivity index (χ2n) is 10.5. The first-order valence-electron chi connectivity index (χ1n) is 13.1. The van der Waals surface area contributed by atoms with Gasteiger partial charge in [-0.05, 0) is 68.6 Å². The number of aryl methyl sites for hydroxylation is 1. The van der Waals surface area contributed by atoms with Crippen LogP contribution in [0.2, 0.25) is 0 Å². The summed E-state index contributed by atoms with van der Waals surface area (Å²) in [6.07, 6.45) is -1.41. The maximum Gasteiger partial charge on any atom is 0.451 e. The molecule has 1 N–H and O–H groups in total. The van der Waals surface area contributed by atoms with Crippen molar-refractivity contribution in [1.82, 2.24) is 25.1 Å². The maximum absolute atomic E-state index is 14.6. The van der Waals surface area contributed by atoms with Crippen LogP contribution in [0.15, 0.2) is 48.7 Å². The van der Waals surface area contributed by atoms with E-state index in [2.05, 4.69) is 25.1 Å². The summed E-state index contributed by atoms with van der Waals surface area (Å²) in [5.74, 6) is -2.67. The standard InChI is InChI=1S/C29H26F5N5O2/c1-16-12-18(26-36-27(38-37-26)29(32,33)34)14-35-23(16)15-39-10-8-17(9-11-39)20-4-3-5-24-25(20)41-28(2,40-24)21-7-6-19(30)13-22(21)31/h3-7,12-14,17H,8-11,15H2,1-2H3,(H,36,37,38). The summed E-state index contributed by atoms with van der Waals surface area (Å²) in [6.45, 7) is 5.66. The molecule has 2 aliphatic heterocycles. The van der Waals surface area contributed by atoms with E-state index < -0.39 is 29.4 Å². The molecular formula is C29H26F5N5O2. The third-order valence-electron chi connectivity index (χ3n) is 7.65. The molecule has 0 aliphatic carbocycles. The Kier molecular flexibility index (Phi) is 6.68. The van der Waals surface area contributed by atoms with Crippen molar-refractivity contribution in [3.05, 3.63) is 88.5 Å². The second-order valence-corrected chi connectivity index (χ2v) is 10.5. The van der Waals surface area contributed by atoms with Crippen LogP contribution in [0.5, 0.6) is 11.5 Å². The number of aromatic amines is 1. The van der Waals surface area contributed by atoms with Crippen molar-refractivity contribution >= 4 is 0 Å². The molecule has 2 aromatic heterocycles. The van der Waals surface area contributed by atoms with E-state index in [1.807, 2.05) is 19.1 Å². The summed E-state index contributed by atoms with van der Waals surface area (Å²) in [5, 5.41) is 6.79. The molecule has 1 fully saturated rings. The molecule has 214 valence electrons. The Morgan fingerprint density at radius 3 is 2.51 bits per heavy atom. The number of pyridine rings is 1. The van der Waals surface area contributed by atoms with Gasteiger partial charge in [-0.2, -0.15) is 13.2 Å². The van der Waals surface area contributed by atoms with Gasteiger partial charge in [0.2, 0.25) is 5.82 Å². The van der Waals surface area contributed by atoms with Gasteiger partial charge >= 0.3 is 6.18 Å². The highest BCUT2D eigenvalue weighted by Gasteiger charge is 2.43. The SMILES string of the molecule is Cc1cc(-c2nnc(C(F)(F)F)[nH]2)cnc1CN1CCC(c2cccc3c2OC(C)(c2ccc(F)cc2F)O3)CC1. The Morgan fingerprint density at radius 1 is 1.05 bits per heavy atom. The number of halogens is 5. The number of rotatable bonds is 5. The van der Waals surface area contributed by atoms with Crippen molar-refractivity contribution in [2.24, 2.45) is 0 Å². The number of alkyl halides is 3. The predicted octanol–water partition coefficient (Wildman–Crippen LogP) is 6.50. The summed E-state index contributed by atoms with van der Waals surface area (Å²) >= 11 is 0. The largest absolute Gasteiger partial charge is 0.451 e. The number of aromatic nitrogens is 4. The number of piperidine rings is 1. The van der Waals surface area contributed by atoms with Crippen molar-refractivity contribution in [3.63, 3.8) is 0 Å². The monoisotopic (exact) mass is 571 g/mol. The molecule has 2 aromatic carbocycles. The first kappa shape index (κ1) is 27.1. The average Bonchev–Trinajstić information content (AvgIpc) is 3.55. The Morgan fingerprint density at radius 2 is 1.83 bits per heavy atom. The van der Waals surface area contributed by atoms with Gasteiger partial charge in [-0.15, -0.1) is 10.2 Å². The Labute approximate surface area is 232 Å². The normalized spacial score (nSPS) is 19.6. The summed E-state index contributed by atoms with van der Waals surface area (Å²) < 4.78 is 78.9. The number of benzene rings is 2. The molecule has 0 spiro atoms. The van der Waals surface area contributed by atoms with Crippen molar-refractivity contribution in [2.75, 3.05) is 13.1 Å². The summed E-state index contributed by atoms with van der Waals surface area (Å²) in [6, 6.07) is 10.7. The highest BCUT2D eigenvalue weighted by Crippen LogP contribution is 2.49. The highest BCUT2D eigenvalue weighted by atomic mass is 19.4. The number of hydrogen-bond acceptors (Lipinski definition) is 6. The van der Waals surface area contributed by atoms with Crippen LogP contribution in [0, 0.1) is 18.6 Å². The van der Waals surface area contributed by atoms with Crippen LogP contribution in [0.25, 0.3) is 11.4 Å². The minimum Gasteiger partial charge on any atom is -0.444 e. The van der Waals surface area contributed by atoms with E-state index in [9.17, 15) is 22.0 Å². The number of ether oxygens (including phenoxy) is 2. The highest BCUT2D eigenvalue weighted by molar-refractivity contribution is 5.55. The lowest BCUT2D eigenvalue weighted by Gasteiger charge is -2.32. The summed E-state index contributed by atoms with van der Waals surface area (Å²) in [4.78, 5) is 8.98. The summed E-state index contributed by atoms with van der Waals surface area (Å²) in [7, 11) is 0. The van der Waals surface area contributed by atoms with Gasteiger partial charge in [0.1, 0.15) is 11.6 Å². The number of para-hydroxylation sites is 1. The number of H-pyrrole nitrogens is 1. The lowest BCUT2D eigenvalue weighted by molar-refractivity contribution is -0.144. The van der Waals surface area contributed by atoms with Crippen LogP contribution in [-0.2, 0) is 18.5 Å². The van der Waals surface area contributed by atoms with Crippen LogP contribution in [-0.4, -0.2) is 38.2 Å². The quantitative estimate of drug-likeness (QED) is 0.276. The first-order chi connectivity index (χ1) is 19.5. The molecule has 6 rings (SSSR count).